The van der Waals surface area contributed by atoms with Crippen LogP contribution in [0.4, 0.5) is 0 Å². The molecule has 0 saturated carbocycles. The molecule has 1 unspecified atom stereocenters. The predicted molar refractivity (Wildman–Crippen MR) is 95.4 cm³/mol. The van der Waals surface area contributed by atoms with E-state index in [1.54, 1.807) is 18.4 Å². The van der Waals surface area contributed by atoms with E-state index in [1.807, 2.05) is 55.6 Å². The van der Waals surface area contributed by atoms with Crippen LogP contribution >= 0.6 is 11.3 Å². The number of thiophene rings is 1. The summed E-state index contributed by atoms with van der Waals surface area (Å²) < 4.78 is 33.3. The third-order valence-corrected chi connectivity index (χ3v) is 6.69. The fourth-order valence-electron chi connectivity index (χ4n) is 2.40. The van der Waals surface area contributed by atoms with Crippen LogP contribution in [-0.2, 0) is 23.0 Å². The lowest BCUT2D eigenvalue weighted by Crippen LogP contribution is -2.38. The monoisotopic (exact) mass is 353 g/mol. The minimum absolute atomic E-state index is 0.0416. The molecule has 0 radical (unpaired) electrons. The van der Waals surface area contributed by atoms with Crippen molar-refractivity contribution in [1.29, 1.82) is 0 Å². The van der Waals surface area contributed by atoms with E-state index >= 15 is 0 Å². The Labute approximate surface area is 142 Å². The summed E-state index contributed by atoms with van der Waals surface area (Å²) in [6.45, 7) is 4.17. The molecule has 0 amide bonds. The third kappa shape index (κ3) is 5.06. The SMILES string of the molecule is COc1cccc(CNS(=O)(=O)C(Cc2cccs2)C(C)C)c1. The number of nitrogens with one attached hydrogen (secondary N) is 1. The van der Waals surface area contributed by atoms with E-state index in [2.05, 4.69) is 4.72 Å². The smallest absolute Gasteiger partial charge is 0.215 e. The highest BCUT2D eigenvalue weighted by Gasteiger charge is 2.28. The highest BCUT2D eigenvalue weighted by Crippen LogP contribution is 2.21. The van der Waals surface area contributed by atoms with Gasteiger partial charge in [-0.05, 0) is 35.1 Å². The molecule has 2 rings (SSSR count). The second-order valence-electron chi connectivity index (χ2n) is 5.78. The van der Waals surface area contributed by atoms with Crippen molar-refractivity contribution in [2.24, 2.45) is 5.92 Å². The van der Waals surface area contributed by atoms with Gasteiger partial charge in [0.2, 0.25) is 10.0 Å². The Bertz CT molecular complexity index is 709. The van der Waals surface area contributed by atoms with E-state index in [0.717, 1.165) is 16.2 Å². The molecule has 1 N–H and O–H groups in total. The molecule has 1 atom stereocenters. The summed E-state index contributed by atoms with van der Waals surface area (Å²) in [5.41, 5.74) is 0.881. The predicted octanol–water partition coefficient (Wildman–Crippen LogP) is 3.44. The van der Waals surface area contributed by atoms with Gasteiger partial charge < -0.3 is 4.74 Å². The summed E-state index contributed by atoms with van der Waals surface area (Å²) in [6, 6.07) is 11.4. The Morgan fingerprint density at radius 3 is 2.61 bits per heavy atom. The molecule has 0 fully saturated rings. The molecule has 0 aliphatic rings. The Kier molecular flexibility index (Phi) is 6.21. The van der Waals surface area contributed by atoms with Gasteiger partial charge in [-0.25, -0.2) is 13.1 Å². The average Bonchev–Trinajstić information content (AvgIpc) is 3.04. The summed E-state index contributed by atoms with van der Waals surface area (Å²) in [5, 5.41) is 1.54. The fraction of sp³-hybridized carbons (Fsp3) is 0.412. The van der Waals surface area contributed by atoms with Crippen LogP contribution < -0.4 is 9.46 Å². The molecular weight excluding hydrogens is 330 g/mol. The first-order valence-corrected chi connectivity index (χ1v) is 9.98. The van der Waals surface area contributed by atoms with E-state index in [9.17, 15) is 8.42 Å². The Morgan fingerprint density at radius 1 is 1.22 bits per heavy atom. The second kappa shape index (κ2) is 7.95. The van der Waals surface area contributed by atoms with Gasteiger partial charge in [-0.3, -0.25) is 0 Å². The van der Waals surface area contributed by atoms with Gasteiger partial charge in [0.15, 0.2) is 0 Å². The molecule has 2 aromatic rings. The van der Waals surface area contributed by atoms with E-state index in [1.165, 1.54) is 0 Å². The molecular formula is C17H23NO3S2. The summed E-state index contributed by atoms with van der Waals surface area (Å²) in [7, 11) is -1.80. The third-order valence-electron chi connectivity index (χ3n) is 3.74. The maximum absolute atomic E-state index is 12.7. The minimum Gasteiger partial charge on any atom is -0.497 e. The lowest BCUT2D eigenvalue weighted by atomic mass is 10.1. The topological polar surface area (TPSA) is 55.4 Å². The minimum atomic E-state index is -3.40. The van der Waals surface area contributed by atoms with Crippen molar-refractivity contribution < 1.29 is 13.2 Å². The zero-order valence-corrected chi connectivity index (χ0v) is 15.3. The maximum Gasteiger partial charge on any atom is 0.215 e. The number of methoxy groups -OCH3 is 1. The Morgan fingerprint density at radius 2 is 2.00 bits per heavy atom. The van der Waals surface area contributed by atoms with Crippen LogP contribution in [-0.4, -0.2) is 20.8 Å². The van der Waals surface area contributed by atoms with Crippen molar-refractivity contribution in [2.75, 3.05) is 7.11 Å². The largest absolute Gasteiger partial charge is 0.497 e. The van der Waals surface area contributed by atoms with Gasteiger partial charge in [-0.2, -0.15) is 0 Å². The zero-order chi connectivity index (χ0) is 16.9. The van der Waals surface area contributed by atoms with Crippen molar-refractivity contribution in [3.05, 3.63) is 52.2 Å². The van der Waals surface area contributed by atoms with Crippen molar-refractivity contribution in [1.82, 2.24) is 4.72 Å². The molecule has 1 aromatic carbocycles. The normalized spacial score (nSPS) is 13.2. The average molecular weight is 354 g/mol. The first-order valence-electron chi connectivity index (χ1n) is 7.56. The number of sulfonamides is 1. The van der Waals surface area contributed by atoms with Crippen molar-refractivity contribution in [3.63, 3.8) is 0 Å². The summed E-state index contributed by atoms with van der Waals surface area (Å²) >= 11 is 1.60. The summed E-state index contributed by atoms with van der Waals surface area (Å²) in [4.78, 5) is 1.09. The molecule has 23 heavy (non-hydrogen) atoms. The van der Waals surface area contributed by atoms with Crippen LogP contribution in [0, 0.1) is 5.92 Å². The lowest BCUT2D eigenvalue weighted by molar-refractivity contribution is 0.414. The van der Waals surface area contributed by atoms with Crippen LogP contribution in [0.15, 0.2) is 41.8 Å². The van der Waals surface area contributed by atoms with Crippen LogP contribution in [0.5, 0.6) is 5.75 Å². The molecule has 0 saturated heterocycles. The Balaban J connectivity index is 2.08. The van der Waals surface area contributed by atoms with E-state index in [4.69, 9.17) is 4.74 Å². The molecule has 0 spiro atoms. The van der Waals surface area contributed by atoms with Crippen molar-refractivity contribution in [2.45, 2.75) is 32.1 Å². The molecule has 6 heteroatoms. The fourth-order valence-corrected chi connectivity index (χ4v) is 4.97. The first-order chi connectivity index (χ1) is 10.9. The quantitative estimate of drug-likeness (QED) is 0.791. The second-order valence-corrected chi connectivity index (χ2v) is 8.80. The number of rotatable bonds is 8. The molecule has 0 bridgehead atoms. The molecule has 126 valence electrons. The van der Waals surface area contributed by atoms with Crippen molar-refractivity contribution in [3.8, 4) is 5.75 Å². The number of benzene rings is 1. The number of ether oxygens (including phenoxy) is 1. The van der Waals surface area contributed by atoms with Gasteiger partial charge in [-0.1, -0.05) is 32.0 Å². The molecule has 0 aliphatic heterocycles. The van der Waals surface area contributed by atoms with E-state index in [0.29, 0.717) is 6.42 Å². The van der Waals surface area contributed by atoms with Gasteiger partial charge in [0.1, 0.15) is 5.75 Å². The van der Waals surface area contributed by atoms with Gasteiger partial charge in [0.05, 0.1) is 12.4 Å². The molecule has 4 nitrogen and oxygen atoms in total. The summed E-state index contributed by atoms with van der Waals surface area (Å²) in [5.74, 6) is 0.764. The molecule has 1 heterocycles. The van der Waals surface area contributed by atoms with E-state index < -0.39 is 15.3 Å². The standard InChI is InChI=1S/C17H23NO3S2/c1-13(2)17(11-16-8-5-9-22-16)23(19,20)18-12-14-6-4-7-15(10-14)21-3/h4-10,13,17-18H,11-12H2,1-3H3. The zero-order valence-electron chi connectivity index (χ0n) is 13.7. The van der Waals surface area contributed by atoms with Gasteiger partial charge in [0.25, 0.3) is 0 Å². The lowest BCUT2D eigenvalue weighted by Gasteiger charge is -2.21. The first kappa shape index (κ1) is 18.0. The maximum atomic E-state index is 12.7. The van der Waals surface area contributed by atoms with Crippen LogP contribution in [0.2, 0.25) is 0 Å². The summed E-state index contributed by atoms with van der Waals surface area (Å²) in [6.07, 6.45) is 0.544. The molecule has 0 aliphatic carbocycles. The van der Waals surface area contributed by atoms with Gasteiger partial charge >= 0.3 is 0 Å². The Hall–Kier alpha value is -1.37. The highest BCUT2D eigenvalue weighted by molar-refractivity contribution is 7.90. The van der Waals surface area contributed by atoms with Crippen LogP contribution in [0.1, 0.15) is 24.3 Å². The van der Waals surface area contributed by atoms with E-state index in [-0.39, 0.29) is 12.5 Å². The van der Waals surface area contributed by atoms with Gasteiger partial charge in [-0.15, -0.1) is 11.3 Å². The van der Waals surface area contributed by atoms with Crippen molar-refractivity contribution >= 4 is 21.4 Å². The molecule has 1 aromatic heterocycles. The van der Waals surface area contributed by atoms with Crippen LogP contribution in [0.25, 0.3) is 0 Å². The number of hydrogen-bond donors (Lipinski definition) is 1. The highest BCUT2D eigenvalue weighted by atomic mass is 32.2. The number of hydrogen-bond acceptors (Lipinski definition) is 4. The van der Waals surface area contributed by atoms with Crippen LogP contribution in [0.3, 0.4) is 0 Å². The van der Waals surface area contributed by atoms with Gasteiger partial charge in [0, 0.05) is 17.8 Å².